The molecule has 3 aromatic carbocycles. The smallest absolute Gasteiger partial charge is 0.251 e. The highest BCUT2D eigenvalue weighted by Gasteiger charge is 2.10. The van der Waals surface area contributed by atoms with E-state index in [2.05, 4.69) is 22.8 Å². The van der Waals surface area contributed by atoms with Crippen molar-refractivity contribution in [1.82, 2.24) is 5.32 Å². The third-order valence-corrected chi connectivity index (χ3v) is 5.28. The van der Waals surface area contributed by atoms with E-state index in [-0.39, 0.29) is 5.91 Å². The summed E-state index contributed by atoms with van der Waals surface area (Å²) in [6, 6.07) is 25.7. The monoisotopic (exact) mass is 373 g/mol. The second-order valence-electron chi connectivity index (χ2n) is 6.14. The highest BCUT2D eigenvalue weighted by molar-refractivity contribution is 7.17. The highest BCUT2D eigenvalue weighted by atomic mass is 32.1. The van der Waals surface area contributed by atoms with E-state index in [1.54, 1.807) is 11.3 Å². The molecule has 4 rings (SSSR count). The Morgan fingerprint density at radius 1 is 0.926 bits per heavy atom. The number of hydrogen-bond donors (Lipinski definition) is 1. The van der Waals surface area contributed by atoms with Crippen molar-refractivity contribution in [2.24, 2.45) is 0 Å². The lowest BCUT2D eigenvalue weighted by Gasteiger charge is -2.08. The summed E-state index contributed by atoms with van der Waals surface area (Å²) < 4.78 is 6.86. The lowest BCUT2D eigenvalue weighted by Crippen LogP contribution is -2.28. The van der Waals surface area contributed by atoms with Gasteiger partial charge in [0.1, 0.15) is 12.4 Å². The van der Waals surface area contributed by atoms with Crippen molar-refractivity contribution < 1.29 is 9.53 Å². The minimum Gasteiger partial charge on any atom is -0.492 e. The Bertz CT molecular complexity index is 1060. The van der Waals surface area contributed by atoms with Crippen LogP contribution in [0.25, 0.3) is 21.2 Å². The van der Waals surface area contributed by atoms with Gasteiger partial charge in [-0.2, -0.15) is 0 Å². The summed E-state index contributed by atoms with van der Waals surface area (Å²) in [6.07, 6.45) is 0. The number of carbonyl (C=O) groups is 1. The molecule has 27 heavy (non-hydrogen) atoms. The van der Waals surface area contributed by atoms with Crippen LogP contribution in [0.15, 0.2) is 84.2 Å². The standard InChI is InChI=1S/C23H19NO2S/c25-23(24-13-14-26-19-9-2-1-3-10-19)18-8-6-7-17(15-18)21-16-27-22-12-5-4-11-20(21)22/h1-12,15-16H,13-14H2,(H,24,25). The summed E-state index contributed by atoms with van der Waals surface area (Å²) in [5.41, 5.74) is 2.88. The predicted molar refractivity (Wildman–Crippen MR) is 112 cm³/mol. The summed E-state index contributed by atoms with van der Waals surface area (Å²) in [5.74, 6) is 0.714. The Balaban J connectivity index is 1.42. The van der Waals surface area contributed by atoms with Crippen molar-refractivity contribution in [3.05, 3.63) is 89.8 Å². The number of ether oxygens (including phenoxy) is 1. The molecular weight excluding hydrogens is 354 g/mol. The van der Waals surface area contributed by atoms with Gasteiger partial charge in [-0.05, 0) is 41.3 Å². The Labute approximate surface area is 162 Å². The van der Waals surface area contributed by atoms with Gasteiger partial charge < -0.3 is 10.1 Å². The maximum Gasteiger partial charge on any atom is 0.251 e. The lowest BCUT2D eigenvalue weighted by atomic mass is 10.0. The molecule has 0 saturated carbocycles. The van der Waals surface area contributed by atoms with Crippen molar-refractivity contribution in [3.8, 4) is 16.9 Å². The van der Waals surface area contributed by atoms with E-state index >= 15 is 0 Å². The summed E-state index contributed by atoms with van der Waals surface area (Å²) >= 11 is 1.72. The molecule has 1 N–H and O–H groups in total. The van der Waals surface area contributed by atoms with E-state index < -0.39 is 0 Å². The number of carbonyl (C=O) groups excluding carboxylic acids is 1. The molecule has 0 saturated heterocycles. The zero-order valence-electron chi connectivity index (χ0n) is 14.7. The fourth-order valence-electron chi connectivity index (χ4n) is 2.98. The van der Waals surface area contributed by atoms with Crippen molar-refractivity contribution in [2.75, 3.05) is 13.2 Å². The van der Waals surface area contributed by atoms with Gasteiger partial charge in [0.25, 0.3) is 5.91 Å². The predicted octanol–water partition coefficient (Wildman–Crippen LogP) is 5.38. The van der Waals surface area contributed by atoms with Crippen LogP contribution >= 0.6 is 11.3 Å². The van der Waals surface area contributed by atoms with Crippen LogP contribution in [0.1, 0.15) is 10.4 Å². The van der Waals surface area contributed by atoms with E-state index in [0.717, 1.165) is 16.9 Å². The van der Waals surface area contributed by atoms with Crippen LogP contribution in [0.3, 0.4) is 0 Å². The molecule has 0 fully saturated rings. The summed E-state index contributed by atoms with van der Waals surface area (Å²) in [5, 5.41) is 6.28. The summed E-state index contributed by atoms with van der Waals surface area (Å²) in [4.78, 5) is 12.5. The first-order valence-electron chi connectivity index (χ1n) is 8.84. The molecule has 0 atom stereocenters. The quantitative estimate of drug-likeness (QED) is 0.461. The molecule has 0 radical (unpaired) electrons. The second kappa shape index (κ2) is 8.06. The number of benzene rings is 3. The molecule has 0 bridgehead atoms. The third kappa shape index (κ3) is 4.01. The fourth-order valence-corrected chi connectivity index (χ4v) is 3.95. The molecule has 0 unspecified atom stereocenters. The van der Waals surface area contributed by atoms with Crippen molar-refractivity contribution in [2.45, 2.75) is 0 Å². The maximum atomic E-state index is 12.5. The molecule has 0 aliphatic heterocycles. The van der Waals surface area contributed by atoms with Crippen LogP contribution in [0, 0.1) is 0 Å². The average Bonchev–Trinajstić information content (AvgIpc) is 3.16. The molecule has 0 aliphatic rings. The van der Waals surface area contributed by atoms with Gasteiger partial charge in [-0.3, -0.25) is 4.79 Å². The topological polar surface area (TPSA) is 38.3 Å². The Hall–Kier alpha value is -3.11. The van der Waals surface area contributed by atoms with E-state index in [1.807, 2.05) is 66.7 Å². The summed E-state index contributed by atoms with van der Waals surface area (Å²) in [6.45, 7) is 0.893. The van der Waals surface area contributed by atoms with Gasteiger partial charge in [0.2, 0.25) is 0 Å². The molecule has 134 valence electrons. The third-order valence-electron chi connectivity index (χ3n) is 4.32. The minimum atomic E-state index is -0.0898. The van der Waals surface area contributed by atoms with Gasteiger partial charge in [-0.15, -0.1) is 11.3 Å². The van der Waals surface area contributed by atoms with Gasteiger partial charge in [0.15, 0.2) is 0 Å². The van der Waals surface area contributed by atoms with E-state index in [9.17, 15) is 4.79 Å². The Morgan fingerprint density at radius 3 is 2.63 bits per heavy atom. The van der Waals surface area contributed by atoms with E-state index in [4.69, 9.17) is 4.74 Å². The highest BCUT2D eigenvalue weighted by Crippen LogP contribution is 2.34. The Morgan fingerprint density at radius 2 is 1.74 bits per heavy atom. The van der Waals surface area contributed by atoms with Crippen LogP contribution in [-0.2, 0) is 0 Å². The van der Waals surface area contributed by atoms with E-state index in [0.29, 0.717) is 18.7 Å². The zero-order chi connectivity index (χ0) is 18.5. The number of thiophene rings is 1. The molecule has 1 heterocycles. The van der Waals surface area contributed by atoms with Crippen LogP contribution in [-0.4, -0.2) is 19.1 Å². The van der Waals surface area contributed by atoms with Gasteiger partial charge in [-0.25, -0.2) is 0 Å². The first-order chi connectivity index (χ1) is 13.3. The largest absolute Gasteiger partial charge is 0.492 e. The molecular formula is C23H19NO2S. The average molecular weight is 373 g/mol. The first-order valence-corrected chi connectivity index (χ1v) is 9.72. The summed E-state index contributed by atoms with van der Waals surface area (Å²) in [7, 11) is 0. The molecule has 3 nitrogen and oxygen atoms in total. The number of amides is 1. The van der Waals surface area contributed by atoms with Crippen molar-refractivity contribution in [1.29, 1.82) is 0 Å². The number of fused-ring (bicyclic) bond motifs is 1. The number of rotatable bonds is 6. The first kappa shape index (κ1) is 17.3. The second-order valence-corrected chi connectivity index (χ2v) is 7.05. The molecule has 0 spiro atoms. The van der Waals surface area contributed by atoms with Gasteiger partial charge in [-0.1, -0.05) is 48.5 Å². The maximum absolute atomic E-state index is 12.5. The molecule has 1 aromatic heterocycles. The number of hydrogen-bond acceptors (Lipinski definition) is 3. The van der Waals surface area contributed by atoms with Crippen LogP contribution in [0.4, 0.5) is 0 Å². The van der Waals surface area contributed by atoms with Crippen LogP contribution in [0.5, 0.6) is 5.75 Å². The SMILES string of the molecule is O=C(NCCOc1ccccc1)c1cccc(-c2csc3ccccc23)c1. The Kier molecular flexibility index (Phi) is 5.17. The van der Waals surface area contributed by atoms with Gasteiger partial charge >= 0.3 is 0 Å². The molecule has 1 amide bonds. The molecule has 4 aromatic rings. The van der Waals surface area contributed by atoms with Gasteiger partial charge in [0.05, 0.1) is 6.54 Å². The molecule has 0 aliphatic carbocycles. The van der Waals surface area contributed by atoms with Crippen molar-refractivity contribution >= 4 is 27.3 Å². The number of nitrogens with one attached hydrogen (secondary N) is 1. The fraction of sp³-hybridized carbons (Fsp3) is 0.0870. The normalized spacial score (nSPS) is 10.7. The lowest BCUT2D eigenvalue weighted by molar-refractivity contribution is 0.0947. The number of para-hydroxylation sites is 1. The van der Waals surface area contributed by atoms with Gasteiger partial charge in [0, 0.05) is 21.2 Å². The van der Waals surface area contributed by atoms with E-state index in [1.165, 1.54) is 10.1 Å². The van der Waals surface area contributed by atoms with Crippen molar-refractivity contribution in [3.63, 3.8) is 0 Å². The minimum absolute atomic E-state index is 0.0898. The molecule has 4 heteroatoms. The van der Waals surface area contributed by atoms with Crippen LogP contribution in [0.2, 0.25) is 0 Å². The zero-order valence-corrected chi connectivity index (χ0v) is 15.5. The van der Waals surface area contributed by atoms with Crippen LogP contribution < -0.4 is 10.1 Å².